The van der Waals surface area contributed by atoms with Crippen LogP contribution in [0, 0.1) is 5.92 Å². The molecule has 67 heavy (non-hydrogen) atoms. The molecule has 2 atom stereocenters. The van der Waals surface area contributed by atoms with Crippen LogP contribution in [-0.2, 0) is 44.7 Å². The van der Waals surface area contributed by atoms with E-state index in [9.17, 15) is 40.8 Å². The second-order valence-corrected chi connectivity index (χ2v) is 19.0. The topological polar surface area (TPSA) is 240 Å². The molecule has 19 nitrogen and oxygen atoms in total. The lowest BCUT2D eigenvalue weighted by atomic mass is 10.1. The number of methoxy groups -OCH3 is 2. The largest absolute Gasteiger partial charge is 0.493 e. The van der Waals surface area contributed by atoms with Crippen molar-refractivity contribution in [3.8, 4) is 23.0 Å². The normalized spacial score (nSPS) is 15.2. The van der Waals surface area contributed by atoms with E-state index in [1.54, 1.807) is 49.4 Å². The Bertz CT molecular complexity index is 2790. The number of carbonyl (C=O) groups excluding carboxylic acids is 5. The molecule has 21 heteroatoms. The number of benzene rings is 4. The molecule has 0 aromatic heterocycles. The van der Waals surface area contributed by atoms with Gasteiger partial charge >= 0.3 is 0 Å². The Balaban J connectivity index is 0.000000221. The van der Waals surface area contributed by atoms with Crippen molar-refractivity contribution in [1.82, 2.24) is 9.80 Å². The summed E-state index contributed by atoms with van der Waals surface area (Å²) < 4.78 is 80.9. The summed E-state index contributed by atoms with van der Waals surface area (Å²) in [6.07, 6.45) is 1.69. The lowest BCUT2D eigenvalue weighted by molar-refractivity contribution is -0.117. The molecule has 358 valence electrons. The highest BCUT2D eigenvalue weighted by molar-refractivity contribution is 7.87. The molecule has 5 amide bonds. The molecule has 2 aliphatic heterocycles. The van der Waals surface area contributed by atoms with Crippen LogP contribution < -0.4 is 29.6 Å². The van der Waals surface area contributed by atoms with Gasteiger partial charge in [-0.3, -0.25) is 37.2 Å². The maximum Gasteiger partial charge on any atom is 0.269 e. The SMILES string of the molecule is CCOc1cc([C@@H](CS(=O)(=O)OC)N2C(=O)c3cccc(NC(C)=O)c3C2=O)ccc1OC.CCOc1cc([C@@H](CS(=O)(=O)OC)N2Cc3cccc(NC(=O)C4CC4)c3C2=O)ccc1OC. The summed E-state index contributed by atoms with van der Waals surface area (Å²) in [7, 11) is -2.95. The summed E-state index contributed by atoms with van der Waals surface area (Å²) in [5.41, 5.74) is 2.66. The van der Waals surface area contributed by atoms with Gasteiger partial charge in [0.15, 0.2) is 23.0 Å². The molecule has 0 spiro atoms. The van der Waals surface area contributed by atoms with E-state index in [2.05, 4.69) is 14.8 Å². The molecular weight excluding hydrogens is 913 g/mol. The van der Waals surface area contributed by atoms with Crippen molar-refractivity contribution in [3.05, 3.63) is 106 Å². The Kier molecular flexibility index (Phi) is 15.6. The number of imide groups is 1. The zero-order valence-corrected chi connectivity index (χ0v) is 39.6. The molecule has 0 saturated heterocycles. The maximum absolute atomic E-state index is 13.6. The van der Waals surface area contributed by atoms with E-state index >= 15 is 0 Å². The number of ether oxygens (including phenoxy) is 4. The molecule has 2 N–H and O–H groups in total. The van der Waals surface area contributed by atoms with Crippen molar-refractivity contribution in [2.75, 3.05) is 63.8 Å². The first-order valence-corrected chi connectivity index (χ1v) is 24.3. The standard InChI is InChI=1S/C24H28N2O7S.C22H24N2O8S/c1-4-33-21-12-16(10-11-20(21)31-2)19(14-34(29,30)32-3)26-13-17-6-5-7-18(22(17)24(26)28)25-23(27)15-8-9-15;1-5-32-19-11-14(9-10-18(19)30-3)17(12-33(28,29)31-4)24-21(26)15-7-6-8-16(23-13(2)25)20(15)22(24)27/h5-7,10-12,15,19H,4,8-9,13-14H2,1-3H3,(H,25,27);6-11,17H,5,12H2,1-4H3,(H,23,25)/t19-;17-/m11/s1. The van der Waals surface area contributed by atoms with Gasteiger partial charge in [0, 0.05) is 19.4 Å². The molecule has 2 heterocycles. The summed E-state index contributed by atoms with van der Waals surface area (Å²) >= 11 is 0. The average Bonchev–Trinajstić information content (AvgIpc) is 4.06. The Morgan fingerprint density at radius 2 is 1.18 bits per heavy atom. The third kappa shape index (κ3) is 11.2. The van der Waals surface area contributed by atoms with Gasteiger partial charge in [0.2, 0.25) is 11.8 Å². The van der Waals surface area contributed by atoms with Crippen LogP contribution >= 0.6 is 0 Å². The molecule has 7 rings (SSSR count). The molecule has 3 aliphatic rings. The summed E-state index contributed by atoms with van der Waals surface area (Å²) in [5.74, 6) is -1.75. The van der Waals surface area contributed by atoms with Gasteiger partial charge in [0.25, 0.3) is 38.0 Å². The summed E-state index contributed by atoms with van der Waals surface area (Å²) in [6.45, 7) is 5.77. The number of hydrogen-bond acceptors (Lipinski definition) is 15. The van der Waals surface area contributed by atoms with Crippen LogP contribution in [0.1, 0.15) is 93.5 Å². The Morgan fingerprint density at radius 1 is 0.657 bits per heavy atom. The lowest BCUT2D eigenvalue weighted by Gasteiger charge is -2.28. The van der Waals surface area contributed by atoms with Crippen molar-refractivity contribution >= 4 is 61.1 Å². The first-order chi connectivity index (χ1) is 31.9. The van der Waals surface area contributed by atoms with Gasteiger partial charge in [-0.15, -0.1) is 0 Å². The number of carbonyl (C=O) groups is 5. The summed E-state index contributed by atoms with van der Waals surface area (Å²) in [6, 6.07) is 17.4. The Morgan fingerprint density at radius 3 is 1.69 bits per heavy atom. The van der Waals surface area contributed by atoms with Gasteiger partial charge in [-0.1, -0.05) is 30.3 Å². The van der Waals surface area contributed by atoms with Crippen molar-refractivity contribution in [3.63, 3.8) is 0 Å². The summed E-state index contributed by atoms with van der Waals surface area (Å²) in [5, 5.41) is 5.41. The minimum atomic E-state index is -4.10. The molecule has 0 unspecified atom stereocenters. The van der Waals surface area contributed by atoms with E-state index in [0.29, 0.717) is 58.6 Å². The fourth-order valence-electron chi connectivity index (χ4n) is 7.75. The van der Waals surface area contributed by atoms with Crippen LogP contribution in [0.5, 0.6) is 23.0 Å². The number of fused-ring (bicyclic) bond motifs is 2. The molecule has 4 aromatic rings. The van der Waals surface area contributed by atoms with Crippen molar-refractivity contribution in [1.29, 1.82) is 0 Å². The monoisotopic (exact) mass is 964 g/mol. The maximum atomic E-state index is 13.6. The third-order valence-electron chi connectivity index (χ3n) is 11.1. The number of nitrogens with zero attached hydrogens (tertiary/aromatic N) is 2. The van der Waals surface area contributed by atoms with Crippen molar-refractivity contribution < 1.29 is 68.1 Å². The molecular formula is C46H52N4O15S2. The van der Waals surface area contributed by atoms with Gasteiger partial charge in [0.05, 0.1) is 81.8 Å². The zero-order valence-electron chi connectivity index (χ0n) is 37.9. The van der Waals surface area contributed by atoms with Crippen LogP contribution in [0.2, 0.25) is 0 Å². The van der Waals surface area contributed by atoms with E-state index in [4.69, 9.17) is 23.1 Å². The first-order valence-electron chi connectivity index (χ1n) is 21.1. The molecule has 1 saturated carbocycles. The second kappa shape index (κ2) is 21.0. The Labute approximate surface area is 388 Å². The minimum Gasteiger partial charge on any atom is -0.493 e. The fourth-order valence-corrected chi connectivity index (χ4v) is 9.51. The number of rotatable bonds is 19. The summed E-state index contributed by atoms with van der Waals surface area (Å²) in [4.78, 5) is 66.5. The van der Waals surface area contributed by atoms with E-state index in [1.807, 2.05) is 13.0 Å². The average molecular weight is 965 g/mol. The van der Waals surface area contributed by atoms with E-state index in [0.717, 1.165) is 37.5 Å². The number of nitrogens with one attached hydrogen (secondary N) is 2. The van der Waals surface area contributed by atoms with Crippen molar-refractivity contribution in [2.24, 2.45) is 5.92 Å². The minimum absolute atomic E-state index is 0.00365. The van der Waals surface area contributed by atoms with Gasteiger partial charge in [-0.25, -0.2) is 0 Å². The lowest BCUT2D eigenvalue weighted by Crippen LogP contribution is -2.38. The molecule has 1 fully saturated rings. The number of amides is 5. The second-order valence-electron chi connectivity index (χ2n) is 15.4. The predicted octanol–water partition coefficient (Wildman–Crippen LogP) is 5.48. The number of anilines is 2. The van der Waals surface area contributed by atoms with Gasteiger partial charge < -0.3 is 34.5 Å². The van der Waals surface area contributed by atoms with Crippen LogP contribution in [-0.4, -0.2) is 109 Å². The number of hydrogen-bond donors (Lipinski definition) is 2. The van der Waals surface area contributed by atoms with Crippen LogP contribution in [0.4, 0.5) is 11.4 Å². The van der Waals surface area contributed by atoms with Crippen molar-refractivity contribution in [2.45, 2.75) is 52.2 Å². The molecule has 0 radical (unpaired) electrons. The quantitative estimate of drug-likeness (QED) is 0.0874. The zero-order chi connectivity index (χ0) is 48.8. The van der Waals surface area contributed by atoms with E-state index < -0.39 is 61.5 Å². The highest BCUT2D eigenvalue weighted by Crippen LogP contribution is 2.41. The van der Waals surface area contributed by atoms with Gasteiger partial charge in [-0.2, -0.15) is 16.8 Å². The third-order valence-corrected chi connectivity index (χ3v) is 13.6. The van der Waals surface area contributed by atoms with Crippen LogP contribution in [0.3, 0.4) is 0 Å². The molecule has 4 aromatic carbocycles. The van der Waals surface area contributed by atoms with Gasteiger partial charge in [-0.05, 0) is 85.8 Å². The van der Waals surface area contributed by atoms with E-state index in [-0.39, 0.29) is 41.1 Å². The molecule has 0 bridgehead atoms. The highest BCUT2D eigenvalue weighted by atomic mass is 32.2. The molecule has 1 aliphatic carbocycles. The Hall–Kier alpha value is -6.55. The first kappa shape index (κ1) is 49.9. The van der Waals surface area contributed by atoms with E-state index in [1.165, 1.54) is 50.3 Å². The highest BCUT2D eigenvalue weighted by Gasteiger charge is 2.44. The fraction of sp³-hybridized carbons (Fsp3) is 0.370. The van der Waals surface area contributed by atoms with Gasteiger partial charge in [0.1, 0.15) is 11.5 Å². The van der Waals surface area contributed by atoms with Crippen LogP contribution in [0.15, 0.2) is 72.8 Å². The smallest absolute Gasteiger partial charge is 0.269 e. The van der Waals surface area contributed by atoms with Crippen LogP contribution in [0.25, 0.3) is 0 Å². The predicted molar refractivity (Wildman–Crippen MR) is 244 cm³/mol.